The first-order valence-electron chi connectivity index (χ1n) is 6.02. The number of thiophene rings is 1. The first kappa shape index (κ1) is 13.8. The molecule has 0 radical (unpaired) electrons. The van der Waals surface area contributed by atoms with Gasteiger partial charge in [0.2, 0.25) is 0 Å². The Balaban J connectivity index is 1.86. The van der Waals surface area contributed by atoms with Crippen molar-refractivity contribution in [2.24, 2.45) is 5.92 Å². The van der Waals surface area contributed by atoms with Crippen LogP contribution in [0, 0.1) is 5.92 Å². The maximum absolute atomic E-state index is 11.9. The van der Waals surface area contributed by atoms with Crippen LogP contribution in [0.5, 0.6) is 0 Å². The quantitative estimate of drug-likeness (QED) is 0.804. The average Bonchev–Trinajstić information content (AvgIpc) is 3.04. The molecule has 0 aromatic carbocycles. The van der Waals surface area contributed by atoms with Crippen LogP contribution in [0.2, 0.25) is 0 Å². The summed E-state index contributed by atoms with van der Waals surface area (Å²) in [5.41, 5.74) is 0. The molecule has 2 heterocycles. The van der Waals surface area contributed by atoms with E-state index in [1.54, 1.807) is 12.1 Å². The zero-order chi connectivity index (χ0) is 13.7. The summed E-state index contributed by atoms with van der Waals surface area (Å²) in [5.74, 6) is -0.720. The third kappa shape index (κ3) is 4.18. The highest BCUT2D eigenvalue weighted by Gasteiger charge is 2.17. The van der Waals surface area contributed by atoms with Gasteiger partial charge in [0, 0.05) is 30.0 Å². The standard InChI is InChI=1S/C13H15NO4S/c15-12(16)4-2-10-1-3-11(19-10)13(17)14-7-9-5-6-18-8-9/h1-4,9H,5-8H2,(H,14,17)(H,15,16). The third-order valence-corrected chi connectivity index (χ3v) is 3.87. The number of aliphatic carboxylic acids is 1. The number of amides is 1. The molecule has 1 amide bonds. The topological polar surface area (TPSA) is 75.6 Å². The lowest BCUT2D eigenvalue weighted by atomic mass is 10.1. The summed E-state index contributed by atoms with van der Waals surface area (Å²) in [6.07, 6.45) is 3.52. The van der Waals surface area contributed by atoms with Crippen LogP contribution in [-0.2, 0) is 9.53 Å². The van der Waals surface area contributed by atoms with Crippen molar-refractivity contribution in [1.82, 2.24) is 5.32 Å². The van der Waals surface area contributed by atoms with Crippen molar-refractivity contribution in [3.05, 3.63) is 28.0 Å². The van der Waals surface area contributed by atoms with E-state index in [2.05, 4.69) is 5.32 Å². The molecular weight excluding hydrogens is 266 g/mol. The van der Waals surface area contributed by atoms with Gasteiger partial charge in [-0.25, -0.2) is 4.79 Å². The van der Waals surface area contributed by atoms with E-state index in [0.29, 0.717) is 23.9 Å². The predicted octanol–water partition coefficient (Wildman–Crippen LogP) is 1.61. The van der Waals surface area contributed by atoms with Crippen molar-refractivity contribution in [1.29, 1.82) is 0 Å². The lowest BCUT2D eigenvalue weighted by molar-refractivity contribution is -0.131. The van der Waals surface area contributed by atoms with E-state index in [1.165, 1.54) is 17.4 Å². The maximum atomic E-state index is 11.9. The number of hydrogen-bond donors (Lipinski definition) is 2. The molecule has 6 heteroatoms. The number of ether oxygens (including phenoxy) is 1. The fraction of sp³-hybridized carbons (Fsp3) is 0.385. The summed E-state index contributed by atoms with van der Waals surface area (Å²) >= 11 is 1.27. The van der Waals surface area contributed by atoms with Crippen LogP contribution < -0.4 is 5.32 Å². The fourth-order valence-corrected chi connectivity index (χ4v) is 2.61. The zero-order valence-corrected chi connectivity index (χ0v) is 11.1. The molecule has 19 heavy (non-hydrogen) atoms. The van der Waals surface area contributed by atoms with Gasteiger partial charge in [-0.1, -0.05) is 0 Å². The Morgan fingerprint density at radius 3 is 3.05 bits per heavy atom. The van der Waals surface area contributed by atoms with Crippen LogP contribution in [0.15, 0.2) is 18.2 Å². The summed E-state index contributed by atoms with van der Waals surface area (Å²) in [4.78, 5) is 23.6. The molecule has 1 aliphatic heterocycles. The normalized spacial score (nSPS) is 18.8. The summed E-state index contributed by atoms with van der Waals surface area (Å²) < 4.78 is 5.24. The number of nitrogens with one attached hydrogen (secondary N) is 1. The van der Waals surface area contributed by atoms with Gasteiger partial charge >= 0.3 is 5.97 Å². The van der Waals surface area contributed by atoms with Gasteiger partial charge < -0.3 is 15.2 Å². The number of hydrogen-bond acceptors (Lipinski definition) is 4. The van der Waals surface area contributed by atoms with Crippen LogP contribution in [0.25, 0.3) is 6.08 Å². The predicted molar refractivity (Wildman–Crippen MR) is 72.2 cm³/mol. The van der Waals surface area contributed by atoms with Gasteiger partial charge in [-0.05, 0) is 24.6 Å². The van der Waals surface area contributed by atoms with Gasteiger partial charge in [0.05, 0.1) is 11.5 Å². The second-order valence-electron chi connectivity index (χ2n) is 4.31. The lowest BCUT2D eigenvalue weighted by Gasteiger charge is -2.08. The molecule has 1 atom stereocenters. The fourth-order valence-electron chi connectivity index (χ4n) is 1.79. The second kappa shape index (κ2) is 6.49. The minimum Gasteiger partial charge on any atom is -0.478 e. The Hall–Kier alpha value is -1.66. The third-order valence-electron chi connectivity index (χ3n) is 2.82. The van der Waals surface area contributed by atoms with Gasteiger partial charge in [0.1, 0.15) is 0 Å². The van der Waals surface area contributed by atoms with Crippen molar-refractivity contribution >= 4 is 29.3 Å². The van der Waals surface area contributed by atoms with Gasteiger partial charge in [-0.2, -0.15) is 0 Å². The Kier molecular flexibility index (Phi) is 4.70. The molecule has 5 nitrogen and oxygen atoms in total. The van der Waals surface area contributed by atoms with Crippen molar-refractivity contribution in [3.8, 4) is 0 Å². The van der Waals surface area contributed by atoms with Crippen LogP contribution >= 0.6 is 11.3 Å². The van der Waals surface area contributed by atoms with E-state index in [4.69, 9.17) is 9.84 Å². The highest BCUT2D eigenvalue weighted by atomic mass is 32.1. The van der Waals surface area contributed by atoms with Gasteiger partial charge in [0.25, 0.3) is 5.91 Å². The number of carboxylic acid groups (broad SMARTS) is 1. The van der Waals surface area contributed by atoms with Crippen LogP contribution in [0.3, 0.4) is 0 Å². The second-order valence-corrected chi connectivity index (χ2v) is 5.43. The molecule has 1 unspecified atom stereocenters. The molecule has 1 saturated heterocycles. The van der Waals surface area contributed by atoms with Crippen molar-refractivity contribution in [2.75, 3.05) is 19.8 Å². The van der Waals surface area contributed by atoms with Crippen LogP contribution in [0.1, 0.15) is 21.0 Å². The zero-order valence-electron chi connectivity index (χ0n) is 10.3. The van der Waals surface area contributed by atoms with Crippen LogP contribution in [-0.4, -0.2) is 36.7 Å². The van der Waals surface area contributed by atoms with Crippen molar-refractivity contribution in [2.45, 2.75) is 6.42 Å². The van der Waals surface area contributed by atoms with Crippen LogP contribution in [0.4, 0.5) is 0 Å². The van der Waals surface area contributed by atoms with Gasteiger partial charge in [-0.15, -0.1) is 11.3 Å². The molecule has 0 spiro atoms. The maximum Gasteiger partial charge on any atom is 0.328 e. The molecule has 0 bridgehead atoms. The number of carbonyl (C=O) groups is 2. The lowest BCUT2D eigenvalue weighted by Crippen LogP contribution is -2.28. The summed E-state index contributed by atoms with van der Waals surface area (Å²) in [5, 5.41) is 11.4. The molecule has 2 rings (SSSR count). The summed E-state index contributed by atoms with van der Waals surface area (Å²) in [6, 6.07) is 3.43. The molecule has 1 fully saturated rings. The Morgan fingerprint density at radius 1 is 1.53 bits per heavy atom. The molecule has 0 aliphatic carbocycles. The van der Waals surface area contributed by atoms with E-state index in [9.17, 15) is 9.59 Å². The van der Waals surface area contributed by atoms with E-state index in [1.807, 2.05) is 0 Å². The molecule has 1 aromatic heterocycles. The molecule has 1 aliphatic rings. The number of carbonyl (C=O) groups excluding carboxylic acids is 1. The molecule has 102 valence electrons. The Morgan fingerprint density at radius 2 is 2.37 bits per heavy atom. The van der Waals surface area contributed by atoms with E-state index < -0.39 is 5.97 Å². The number of rotatable bonds is 5. The molecular formula is C13H15NO4S. The van der Waals surface area contributed by atoms with E-state index in [0.717, 1.165) is 24.0 Å². The SMILES string of the molecule is O=C(O)C=Cc1ccc(C(=O)NCC2CCOC2)s1. The van der Waals surface area contributed by atoms with Gasteiger partial charge in [0.15, 0.2) is 0 Å². The highest BCUT2D eigenvalue weighted by Crippen LogP contribution is 2.18. The van der Waals surface area contributed by atoms with Crippen molar-refractivity contribution in [3.63, 3.8) is 0 Å². The minimum absolute atomic E-state index is 0.119. The van der Waals surface area contributed by atoms with Crippen molar-refractivity contribution < 1.29 is 19.4 Å². The molecule has 2 N–H and O–H groups in total. The van der Waals surface area contributed by atoms with Gasteiger partial charge in [-0.3, -0.25) is 4.79 Å². The monoisotopic (exact) mass is 281 g/mol. The molecule has 1 aromatic rings. The minimum atomic E-state index is -0.999. The van der Waals surface area contributed by atoms with E-state index in [-0.39, 0.29) is 5.91 Å². The summed E-state index contributed by atoms with van der Waals surface area (Å²) in [7, 11) is 0. The van der Waals surface area contributed by atoms with E-state index >= 15 is 0 Å². The largest absolute Gasteiger partial charge is 0.478 e. The summed E-state index contributed by atoms with van der Waals surface area (Å²) in [6.45, 7) is 2.10. The average molecular weight is 281 g/mol. The smallest absolute Gasteiger partial charge is 0.328 e. The Labute approximate surface area is 114 Å². The molecule has 0 saturated carbocycles. The first-order valence-corrected chi connectivity index (χ1v) is 6.83. The number of carboxylic acids is 1. The Bertz CT molecular complexity index is 489. The first-order chi connectivity index (χ1) is 9.15. The highest BCUT2D eigenvalue weighted by molar-refractivity contribution is 7.14.